The largest absolute Gasteiger partial charge is 0.396 e. The Bertz CT molecular complexity index is 1210. The fourth-order valence-corrected chi connectivity index (χ4v) is 6.92. The molecule has 0 saturated carbocycles. The number of ether oxygens (including phenoxy) is 1. The summed E-state index contributed by atoms with van der Waals surface area (Å²) in [5.41, 5.74) is -0.804. The first-order chi connectivity index (χ1) is 18.4. The van der Waals surface area contributed by atoms with E-state index in [9.17, 15) is 19.5 Å². The first-order valence-electron chi connectivity index (χ1n) is 13.4. The summed E-state index contributed by atoms with van der Waals surface area (Å²) in [6.45, 7) is 2.38. The van der Waals surface area contributed by atoms with Gasteiger partial charge in [0.1, 0.15) is 11.6 Å². The average Bonchev–Trinajstić information content (AvgIpc) is 3.52. The third kappa shape index (κ3) is 4.38. The predicted molar refractivity (Wildman–Crippen MR) is 145 cm³/mol. The van der Waals surface area contributed by atoms with Gasteiger partial charge in [-0.25, -0.2) is 0 Å². The van der Waals surface area contributed by atoms with Crippen LogP contribution in [0.25, 0.3) is 0 Å². The molecule has 3 N–H and O–H groups in total. The van der Waals surface area contributed by atoms with E-state index in [1.165, 1.54) is 0 Å². The topological polar surface area (TPSA) is 108 Å². The van der Waals surface area contributed by atoms with Crippen LogP contribution in [0.5, 0.6) is 0 Å². The molecule has 2 aromatic carbocycles. The molecule has 3 saturated heterocycles. The normalized spacial score (nSPS) is 29.4. The predicted octanol–water partition coefficient (Wildman–Crippen LogP) is 4.23. The van der Waals surface area contributed by atoms with Crippen LogP contribution in [0.15, 0.2) is 54.6 Å². The van der Waals surface area contributed by atoms with Crippen LogP contribution >= 0.6 is 11.6 Å². The standard InChI is InChI=1S/C29H34ClN3O5/c1-2-28-15-16-29(38-28)23(22(28)25(35)31-19-11-5-3-6-12-19)27(37)33(17-9-4-10-18-34)24(29)26(36)32-21-14-8-7-13-20(21)30/h3,5-8,11-14,22-24,34H,2,4,9-10,15-18H2,1H3,(H,31,35)(H,32,36)/t22-,23-,24?,28+,29?/m0/s1. The number of aliphatic hydroxyl groups excluding tert-OH is 1. The second-order valence-corrected chi connectivity index (χ2v) is 10.9. The lowest BCUT2D eigenvalue weighted by atomic mass is 9.65. The van der Waals surface area contributed by atoms with Crippen molar-refractivity contribution in [2.45, 2.75) is 62.7 Å². The maximum absolute atomic E-state index is 14.1. The maximum atomic E-state index is 14.1. The highest BCUT2D eigenvalue weighted by atomic mass is 35.5. The quantitative estimate of drug-likeness (QED) is 0.391. The Hall–Kier alpha value is -2.94. The zero-order chi connectivity index (χ0) is 26.9. The van der Waals surface area contributed by atoms with E-state index in [0.717, 1.165) is 0 Å². The molecule has 3 aliphatic heterocycles. The SMILES string of the molecule is CC[C@]12CCC3(O1)C(C(=O)Nc1ccccc1Cl)N(CCCCCO)C(=O)[C@@H]3[C@H]2C(=O)Nc1ccccc1. The number of benzene rings is 2. The van der Waals surface area contributed by atoms with Crippen LogP contribution < -0.4 is 10.6 Å². The van der Waals surface area contributed by atoms with E-state index in [1.54, 1.807) is 29.2 Å². The number of fused-ring (bicyclic) bond motifs is 1. The summed E-state index contributed by atoms with van der Waals surface area (Å²) in [7, 11) is 0. The highest BCUT2D eigenvalue weighted by molar-refractivity contribution is 6.33. The number of hydrogen-bond donors (Lipinski definition) is 3. The summed E-state index contributed by atoms with van der Waals surface area (Å²) in [6.07, 6.45) is 3.62. The first-order valence-corrected chi connectivity index (χ1v) is 13.8. The Balaban J connectivity index is 1.50. The third-order valence-corrected chi connectivity index (χ3v) is 8.77. The molecule has 0 radical (unpaired) electrons. The van der Waals surface area contributed by atoms with Crippen molar-refractivity contribution >= 4 is 40.7 Å². The number of rotatable bonds is 10. The van der Waals surface area contributed by atoms with Crippen molar-refractivity contribution in [1.29, 1.82) is 0 Å². The third-order valence-electron chi connectivity index (χ3n) is 8.44. The molecule has 5 atom stereocenters. The number of amides is 3. The van der Waals surface area contributed by atoms with E-state index < -0.39 is 29.1 Å². The van der Waals surface area contributed by atoms with E-state index in [2.05, 4.69) is 10.6 Å². The molecular weight excluding hydrogens is 506 g/mol. The number of likely N-dealkylation sites (tertiary alicyclic amines) is 1. The van der Waals surface area contributed by atoms with Gasteiger partial charge in [0.25, 0.3) is 0 Å². The van der Waals surface area contributed by atoms with Gasteiger partial charge in [-0.05, 0) is 62.8 Å². The summed E-state index contributed by atoms with van der Waals surface area (Å²) in [5, 5.41) is 15.5. The summed E-state index contributed by atoms with van der Waals surface area (Å²) >= 11 is 6.33. The highest BCUT2D eigenvalue weighted by Crippen LogP contribution is 2.64. The molecule has 2 bridgehead atoms. The molecule has 8 nitrogen and oxygen atoms in total. The Morgan fingerprint density at radius 2 is 1.76 bits per heavy atom. The smallest absolute Gasteiger partial charge is 0.250 e. The summed E-state index contributed by atoms with van der Waals surface area (Å²) in [4.78, 5) is 43.4. The fourth-order valence-electron chi connectivity index (χ4n) is 6.73. The Morgan fingerprint density at radius 3 is 2.47 bits per heavy atom. The van der Waals surface area contributed by atoms with Gasteiger partial charge in [-0.3, -0.25) is 14.4 Å². The Labute approximate surface area is 227 Å². The van der Waals surface area contributed by atoms with Crippen molar-refractivity contribution in [3.63, 3.8) is 0 Å². The summed E-state index contributed by atoms with van der Waals surface area (Å²) < 4.78 is 6.76. The maximum Gasteiger partial charge on any atom is 0.250 e. The molecule has 1 spiro atoms. The molecule has 9 heteroatoms. The monoisotopic (exact) mass is 539 g/mol. The first kappa shape index (κ1) is 26.7. The zero-order valence-corrected chi connectivity index (χ0v) is 22.2. The summed E-state index contributed by atoms with van der Waals surface area (Å²) in [6, 6.07) is 15.2. The number of hydrogen-bond acceptors (Lipinski definition) is 5. The van der Waals surface area contributed by atoms with Crippen molar-refractivity contribution in [2.75, 3.05) is 23.8 Å². The number of nitrogens with zero attached hydrogens (tertiary/aromatic N) is 1. The molecule has 202 valence electrons. The number of aliphatic hydroxyl groups is 1. The lowest BCUT2D eigenvalue weighted by Crippen LogP contribution is -2.53. The van der Waals surface area contributed by atoms with Crippen LogP contribution in [0.2, 0.25) is 5.02 Å². The number of para-hydroxylation sites is 2. The van der Waals surface area contributed by atoms with Crippen molar-refractivity contribution in [3.8, 4) is 0 Å². The molecule has 2 unspecified atom stereocenters. The van der Waals surface area contributed by atoms with Crippen LogP contribution in [-0.4, -0.2) is 58.1 Å². The molecule has 0 aliphatic carbocycles. The molecule has 0 aromatic heterocycles. The average molecular weight is 540 g/mol. The molecule has 2 aromatic rings. The van der Waals surface area contributed by atoms with Crippen LogP contribution in [0.1, 0.15) is 45.4 Å². The van der Waals surface area contributed by atoms with Crippen molar-refractivity contribution in [2.24, 2.45) is 11.8 Å². The van der Waals surface area contributed by atoms with E-state index in [1.807, 2.05) is 37.3 Å². The van der Waals surface area contributed by atoms with Crippen molar-refractivity contribution in [1.82, 2.24) is 4.90 Å². The molecule has 3 heterocycles. The number of halogens is 1. The van der Waals surface area contributed by atoms with Gasteiger partial charge in [-0.1, -0.05) is 48.9 Å². The van der Waals surface area contributed by atoms with Gasteiger partial charge in [0.15, 0.2) is 0 Å². The molecule has 38 heavy (non-hydrogen) atoms. The van der Waals surface area contributed by atoms with Gasteiger partial charge < -0.3 is 25.4 Å². The van der Waals surface area contributed by atoms with Crippen LogP contribution in [0.3, 0.4) is 0 Å². The van der Waals surface area contributed by atoms with Gasteiger partial charge in [-0.15, -0.1) is 0 Å². The second kappa shape index (κ2) is 10.7. The van der Waals surface area contributed by atoms with Crippen molar-refractivity contribution < 1.29 is 24.2 Å². The van der Waals surface area contributed by atoms with Crippen molar-refractivity contribution in [3.05, 3.63) is 59.6 Å². The van der Waals surface area contributed by atoms with Gasteiger partial charge in [0, 0.05) is 18.8 Å². The molecule has 3 aliphatic rings. The molecule has 5 rings (SSSR count). The van der Waals surface area contributed by atoms with E-state index >= 15 is 0 Å². The molecule has 3 fully saturated rings. The summed E-state index contributed by atoms with van der Waals surface area (Å²) in [5.74, 6) is -2.33. The van der Waals surface area contributed by atoms with Crippen LogP contribution in [-0.2, 0) is 19.1 Å². The van der Waals surface area contributed by atoms with E-state index in [0.29, 0.717) is 61.5 Å². The van der Waals surface area contributed by atoms with Crippen LogP contribution in [0, 0.1) is 11.8 Å². The Kier molecular flexibility index (Phi) is 7.49. The van der Waals surface area contributed by atoms with E-state index in [-0.39, 0.29) is 24.3 Å². The van der Waals surface area contributed by atoms with Crippen LogP contribution in [0.4, 0.5) is 11.4 Å². The minimum Gasteiger partial charge on any atom is -0.396 e. The number of anilines is 2. The lowest BCUT2D eigenvalue weighted by molar-refractivity contribution is -0.144. The minimum absolute atomic E-state index is 0.0702. The number of carbonyl (C=O) groups excluding carboxylic acids is 3. The zero-order valence-electron chi connectivity index (χ0n) is 21.5. The fraction of sp³-hybridized carbons (Fsp3) is 0.483. The van der Waals surface area contributed by atoms with Gasteiger partial charge in [0.05, 0.1) is 28.1 Å². The van der Waals surface area contributed by atoms with Gasteiger partial charge in [-0.2, -0.15) is 0 Å². The van der Waals surface area contributed by atoms with Gasteiger partial charge >= 0.3 is 0 Å². The minimum atomic E-state index is -1.10. The number of carbonyl (C=O) groups is 3. The lowest BCUT2D eigenvalue weighted by Gasteiger charge is -2.34. The number of nitrogens with one attached hydrogen (secondary N) is 2. The number of unbranched alkanes of at least 4 members (excludes halogenated alkanes) is 2. The molecule has 3 amide bonds. The Morgan fingerprint density at radius 1 is 1.03 bits per heavy atom. The van der Waals surface area contributed by atoms with Gasteiger partial charge in [0.2, 0.25) is 17.7 Å². The molecular formula is C29H34ClN3O5. The van der Waals surface area contributed by atoms with E-state index in [4.69, 9.17) is 16.3 Å². The highest BCUT2D eigenvalue weighted by Gasteiger charge is 2.78. The second-order valence-electron chi connectivity index (χ2n) is 10.5.